The van der Waals surface area contributed by atoms with Gasteiger partial charge < -0.3 is 18.9 Å². The van der Waals surface area contributed by atoms with Crippen molar-refractivity contribution in [1.82, 2.24) is 19.4 Å². The Labute approximate surface area is 199 Å². The van der Waals surface area contributed by atoms with E-state index in [1.54, 1.807) is 29.2 Å². The van der Waals surface area contributed by atoms with Gasteiger partial charge in [-0.3, -0.25) is 0 Å². The summed E-state index contributed by atoms with van der Waals surface area (Å²) in [4.78, 5) is 22.9. The third-order valence-corrected chi connectivity index (χ3v) is 6.77. The average molecular weight is 487 g/mol. The topological polar surface area (TPSA) is 104 Å². The first-order chi connectivity index (χ1) is 15.9. The van der Waals surface area contributed by atoms with Gasteiger partial charge in [-0.1, -0.05) is 0 Å². The fourth-order valence-electron chi connectivity index (χ4n) is 3.97. The fraction of sp³-hybridized carbons (Fsp3) is 0.458. The Morgan fingerprint density at radius 2 is 1.82 bits per heavy atom. The summed E-state index contributed by atoms with van der Waals surface area (Å²) in [5.41, 5.74) is 1.27. The highest BCUT2D eigenvalue weighted by atomic mass is 32.2. The number of hydrogen-bond donors (Lipinski definition) is 0. The number of aromatic nitrogens is 3. The second-order valence-corrected chi connectivity index (χ2v) is 11.6. The van der Waals surface area contributed by atoms with Crippen molar-refractivity contribution in [3.8, 4) is 11.7 Å². The molecule has 0 N–H and O–H groups in total. The number of carbonyl (C=O) groups is 1. The van der Waals surface area contributed by atoms with Gasteiger partial charge in [-0.25, -0.2) is 23.2 Å². The van der Waals surface area contributed by atoms with Crippen LogP contribution in [0.3, 0.4) is 0 Å². The van der Waals surface area contributed by atoms with Gasteiger partial charge in [-0.15, -0.1) is 0 Å². The Morgan fingerprint density at radius 1 is 1.12 bits per heavy atom. The van der Waals surface area contributed by atoms with E-state index in [1.807, 2.05) is 38.5 Å². The number of likely N-dealkylation sites (tertiary alicyclic amines) is 1. The lowest BCUT2D eigenvalue weighted by atomic mass is 10.1. The van der Waals surface area contributed by atoms with Gasteiger partial charge in [0.05, 0.1) is 10.4 Å². The summed E-state index contributed by atoms with van der Waals surface area (Å²) in [5.74, 6) is 1.08. The Morgan fingerprint density at radius 3 is 2.47 bits per heavy atom. The van der Waals surface area contributed by atoms with Gasteiger partial charge in [0, 0.05) is 49.8 Å². The summed E-state index contributed by atoms with van der Waals surface area (Å²) in [5, 5.41) is 0.846. The van der Waals surface area contributed by atoms with Crippen molar-refractivity contribution in [3.63, 3.8) is 0 Å². The van der Waals surface area contributed by atoms with Crippen LogP contribution < -0.4 is 4.74 Å². The van der Waals surface area contributed by atoms with Crippen LogP contribution in [-0.2, 0) is 14.6 Å². The Bertz CT molecular complexity index is 1320. The number of piperidine rings is 1. The number of aryl methyl sites for hydroxylation is 1. The lowest BCUT2D eigenvalue weighted by Crippen LogP contribution is -2.44. The Balaban J connectivity index is 1.48. The van der Waals surface area contributed by atoms with Crippen molar-refractivity contribution in [3.05, 3.63) is 42.4 Å². The molecular weight excluding hydrogens is 456 g/mol. The van der Waals surface area contributed by atoms with Crippen molar-refractivity contribution in [2.24, 2.45) is 0 Å². The highest BCUT2D eigenvalue weighted by molar-refractivity contribution is 7.90. The predicted octanol–water partition coefficient (Wildman–Crippen LogP) is 3.91. The number of fused-ring (bicyclic) bond motifs is 1. The largest absolute Gasteiger partial charge is 0.474 e. The first kappa shape index (κ1) is 24.0. The lowest BCUT2D eigenvalue weighted by molar-refractivity contribution is 0.0123. The molecule has 10 heteroatoms. The fourth-order valence-corrected chi connectivity index (χ4v) is 4.62. The lowest BCUT2D eigenvalue weighted by Gasteiger charge is -2.33. The Hall–Kier alpha value is -3.14. The molecule has 1 aliphatic rings. The van der Waals surface area contributed by atoms with Crippen LogP contribution in [0.5, 0.6) is 5.88 Å². The van der Waals surface area contributed by atoms with Crippen molar-refractivity contribution in [2.45, 2.75) is 57.1 Å². The van der Waals surface area contributed by atoms with Gasteiger partial charge in [0.25, 0.3) is 0 Å². The number of hydrogen-bond acceptors (Lipinski definition) is 7. The molecule has 0 saturated carbocycles. The van der Waals surface area contributed by atoms with Crippen LogP contribution in [0.25, 0.3) is 16.7 Å². The summed E-state index contributed by atoms with van der Waals surface area (Å²) in [6.07, 6.45) is 5.56. The second kappa shape index (κ2) is 8.90. The highest BCUT2D eigenvalue weighted by Crippen LogP contribution is 2.28. The normalized spacial score (nSPS) is 15.5. The average Bonchev–Trinajstić information content (AvgIpc) is 3.09. The minimum absolute atomic E-state index is 0.0677. The van der Waals surface area contributed by atoms with Crippen LogP contribution in [0, 0.1) is 6.92 Å². The maximum absolute atomic E-state index is 12.3. The van der Waals surface area contributed by atoms with Crippen LogP contribution in [0.2, 0.25) is 0 Å². The van der Waals surface area contributed by atoms with Gasteiger partial charge in [-0.2, -0.15) is 0 Å². The maximum Gasteiger partial charge on any atom is 0.410 e. The molecule has 1 aliphatic heterocycles. The first-order valence-corrected chi connectivity index (χ1v) is 13.1. The van der Waals surface area contributed by atoms with E-state index in [0.717, 1.165) is 16.5 Å². The third kappa shape index (κ3) is 5.32. The van der Waals surface area contributed by atoms with Gasteiger partial charge in [0.2, 0.25) is 5.88 Å². The molecular formula is C24H30N4O5S. The number of ether oxygens (including phenoxy) is 2. The van der Waals surface area contributed by atoms with Crippen LogP contribution >= 0.6 is 0 Å². The molecule has 0 unspecified atom stereocenters. The minimum atomic E-state index is -3.30. The molecule has 1 fully saturated rings. The summed E-state index contributed by atoms with van der Waals surface area (Å²) in [7, 11) is -3.30. The molecule has 3 aromatic rings. The molecule has 2 aromatic heterocycles. The van der Waals surface area contributed by atoms with Gasteiger partial charge >= 0.3 is 6.09 Å². The standard InChI is InChI=1S/C24H30N4O5S/c1-16-14-28(20-7-6-18(12-19(16)20)34(5,30)31)21-13-22(26-15-25-21)32-17-8-10-27(11-9-17)23(29)33-24(2,3)4/h6-7,12-15,17H,8-11H2,1-5H3. The molecule has 4 rings (SSSR count). The van der Waals surface area contributed by atoms with Gasteiger partial charge in [0.1, 0.15) is 23.9 Å². The monoisotopic (exact) mass is 486 g/mol. The summed E-state index contributed by atoms with van der Waals surface area (Å²) < 4.78 is 37.3. The zero-order chi connectivity index (χ0) is 24.7. The van der Waals surface area contributed by atoms with E-state index in [9.17, 15) is 13.2 Å². The van der Waals surface area contributed by atoms with Crippen molar-refractivity contribution in [1.29, 1.82) is 0 Å². The van der Waals surface area contributed by atoms with Gasteiger partial charge in [-0.05, 0) is 51.5 Å². The van der Waals surface area contributed by atoms with Gasteiger partial charge in [0.15, 0.2) is 9.84 Å². The van der Waals surface area contributed by atoms with E-state index in [0.29, 0.717) is 37.6 Å². The summed E-state index contributed by atoms with van der Waals surface area (Å²) in [6, 6.07) is 6.84. The van der Waals surface area contributed by atoms with E-state index in [2.05, 4.69) is 9.97 Å². The molecule has 0 aliphatic carbocycles. The van der Waals surface area contributed by atoms with Crippen LogP contribution in [0.1, 0.15) is 39.2 Å². The van der Waals surface area contributed by atoms with E-state index in [4.69, 9.17) is 9.47 Å². The van der Waals surface area contributed by atoms with Crippen molar-refractivity contribution in [2.75, 3.05) is 19.3 Å². The number of benzene rings is 1. The number of sulfone groups is 1. The zero-order valence-electron chi connectivity index (χ0n) is 20.1. The SMILES string of the molecule is Cc1cn(-c2cc(OC3CCN(C(=O)OC(C)(C)C)CC3)ncn2)c2ccc(S(C)(=O)=O)cc12. The number of amides is 1. The molecule has 0 bridgehead atoms. The summed E-state index contributed by atoms with van der Waals surface area (Å²) in [6.45, 7) is 8.61. The molecule has 0 radical (unpaired) electrons. The zero-order valence-corrected chi connectivity index (χ0v) is 20.9. The molecule has 34 heavy (non-hydrogen) atoms. The van der Waals surface area contributed by atoms with Crippen LogP contribution in [0.15, 0.2) is 41.7 Å². The second-order valence-electron chi connectivity index (χ2n) is 9.63. The van der Waals surface area contributed by atoms with E-state index in [-0.39, 0.29) is 17.1 Å². The van der Waals surface area contributed by atoms with E-state index in [1.165, 1.54) is 12.6 Å². The molecule has 182 valence electrons. The summed E-state index contributed by atoms with van der Waals surface area (Å²) >= 11 is 0. The number of nitrogens with zero attached hydrogens (tertiary/aromatic N) is 4. The molecule has 0 atom stereocenters. The van der Waals surface area contributed by atoms with E-state index < -0.39 is 15.4 Å². The van der Waals surface area contributed by atoms with Crippen LogP contribution in [-0.4, -0.2) is 65.0 Å². The Kier molecular flexibility index (Phi) is 6.28. The number of carbonyl (C=O) groups excluding carboxylic acids is 1. The van der Waals surface area contributed by atoms with Crippen molar-refractivity contribution >= 4 is 26.8 Å². The smallest absolute Gasteiger partial charge is 0.410 e. The first-order valence-electron chi connectivity index (χ1n) is 11.2. The van der Waals surface area contributed by atoms with E-state index >= 15 is 0 Å². The third-order valence-electron chi connectivity index (χ3n) is 5.66. The quantitative estimate of drug-likeness (QED) is 0.551. The van der Waals surface area contributed by atoms with Crippen molar-refractivity contribution < 1.29 is 22.7 Å². The molecule has 9 nitrogen and oxygen atoms in total. The minimum Gasteiger partial charge on any atom is -0.474 e. The molecule has 1 amide bonds. The number of rotatable bonds is 4. The highest BCUT2D eigenvalue weighted by Gasteiger charge is 2.28. The molecule has 1 aromatic carbocycles. The molecule has 3 heterocycles. The molecule has 1 saturated heterocycles. The van der Waals surface area contributed by atoms with Crippen LogP contribution in [0.4, 0.5) is 4.79 Å². The molecule has 0 spiro atoms. The predicted molar refractivity (Wildman–Crippen MR) is 128 cm³/mol. The maximum atomic E-state index is 12.3.